The first kappa shape index (κ1) is 23.1. The lowest BCUT2D eigenvalue weighted by Gasteiger charge is -2.25. The van der Waals surface area contributed by atoms with Gasteiger partial charge in [-0.2, -0.15) is 0 Å². The summed E-state index contributed by atoms with van der Waals surface area (Å²) in [5.41, 5.74) is 14.1. The third-order valence-corrected chi connectivity index (χ3v) is 9.00. The fourth-order valence-electron chi connectivity index (χ4n) is 3.96. The van der Waals surface area contributed by atoms with Crippen molar-refractivity contribution in [3.63, 3.8) is 0 Å². The maximum atomic E-state index is 13.3. The summed E-state index contributed by atoms with van der Waals surface area (Å²) in [6.07, 6.45) is 1.54. The van der Waals surface area contributed by atoms with Gasteiger partial charge in [-0.05, 0) is 35.9 Å². The minimum absolute atomic E-state index is 0.0553. The monoisotopic (exact) mass is 510 g/mol. The summed E-state index contributed by atoms with van der Waals surface area (Å²) in [7, 11) is -4.79. The molecular formula is C23H22N6O4S2. The van der Waals surface area contributed by atoms with Crippen LogP contribution in [0.15, 0.2) is 70.5 Å². The van der Waals surface area contributed by atoms with Gasteiger partial charge in [0.25, 0.3) is 5.56 Å². The Hall–Kier alpha value is -3.61. The molecule has 12 heteroatoms. The van der Waals surface area contributed by atoms with E-state index in [1.165, 1.54) is 10.8 Å². The van der Waals surface area contributed by atoms with E-state index in [1.54, 1.807) is 52.8 Å². The Balaban J connectivity index is 1.56. The number of rotatable bonds is 4. The highest BCUT2D eigenvalue weighted by Crippen LogP contribution is 2.28. The lowest BCUT2D eigenvalue weighted by atomic mass is 10.1. The summed E-state index contributed by atoms with van der Waals surface area (Å²) in [5, 5.41) is 0.362. The molecule has 2 aromatic heterocycles. The van der Waals surface area contributed by atoms with E-state index in [9.17, 15) is 17.4 Å². The van der Waals surface area contributed by atoms with E-state index in [0.29, 0.717) is 32.6 Å². The molecule has 0 bridgehead atoms. The highest BCUT2D eigenvalue weighted by Gasteiger charge is 2.27. The van der Waals surface area contributed by atoms with Crippen molar-refractivity contribution in [1.82, 2.24) is 18.8 Å². The fraction of sp³-hybridized carbons (Fsp3) is 0.174. The number of aromatic nitrogens is 3. The summed E-state index contributed by atoms with van der Waals surface area (Å²) in [4.78, 5) is 22.2. The zero-order valence-electron chi connectivity index (χ0n) is 18.5. The number of benzene rings is 2. The van der Waals surface area contributed by atoms with Gasteiger partial charge < -0.3 is 11.5 Å². The molecule has 10 nitrogen and oxygen atoms in total. The Morgan fingerprint density at radius 1 is 0.943 bits per heavy atom. The predicted octanol–water partition coefficient (Wildman–Crippen LogP) is 1.37. The van der Waals surface area contributed by atoms with E-state index < -0.39 is 20.8 Å². The number of hydrogen-bond donors (Lipinski definition) is 2. The van der Waals surface area contributed by atoms with Crippen LogP contribution < -0.4 is 17.0 Å². The number of fused-ring (bicyclic) bond motifs is 1. The highest BCUT2D eigenvalue weighted by atomic mass is 32.2. The van der Waals surface area contributed by atoms with Crippen LogP contribution in [0, 0.1) is 0 Å². The minimum Gasteiger partial charge on any atom is -0.383 e. The molecule has 3 heterocycles. The van der Waals surface area contributed by atoms with Gasteiger partial charge in [-0.3, -0.25) is 4.79 Å². The summed E-state index contributed by atoms with van der Waals surface area (Å²) >= 11 is 0. The molecule has 1 fully saturated rings. The number of nitrogen functional groups attached to an aromatic ring is 2. The van der Waals surface area contributed by atoms with Crippen molar-refractivity contribution in [3.8, 4) is 16.8 Å². The van der Waals surface area contributed by atoms with Crippen molar-refractivity contribution in [2.75, 3.05) is 36.1 Å². The fourth-order valence-corrected chi connectivity index (χ4v) is 6.65. The lowest BCUT2D eigenvalue weighted by Crippen LogP contribution is -2.41. The van der Waals surface area contributed by atoms with Gasteiger partial charge in [0.05, 0.1) is 33.0 Å². The van der Waals surface area contributed by atoms with Crippen molar-refractivity contribution in [2.24, 2.45) is 0 Å². The molecule has 4 aromatic rings. The molecule has 0 saturated carbocycles. The largest absolute Gasteiger partial charge is 0.383 e. The normalized spacial score (nSPS) is 16.8. The van der Waals surface area contributed by atoms with Crippen molar-refractivity contribution < 1.29 is 12.6 Å². The molecule has 1 aliphatic rings. The molecule has 1 unspecified atom stereocenters. The number of pyridine rings is 1. The van der Waals surface area contributed by atoms with Crippen LogP contribution in [0.25, 0.3) is 27.7 Å². The highest BCUT2D eigenvalue weighted by molar-refractivity contribution is 7.91. The molecule has 0 amide bonds. The maximum absolute atomic E-state index is 13.3. The number of para-hydroxylation sites is 1. The van der Waals surface area contributed by atoms with Gasteiger partial charge in [0, 0.05) is 24.8 Å². The second kappa shape index (κ2) is 8.87. The Bertz CT molecular complexity index is 1620. The molecule has 35 heavy (non-hydrogen) atoms. The Kier molecular flexibility index (Phi) is 5.87. The van der Waals surface area contributed by atoms with E-state index in [1.807, 2.05) is 6.07 Å². The van der Waals surface area contributed by atoms with Crippen molar-refractivity contribution in [1.29, 1.82) is 0 Å². The molecule has 0 radical (unpaired) electrons. The van der Waals surface area contributed by atoms with Crippen LogP contribution in [0.1, 0.15) is 0 Å². The molecular weight excluding hydrogens is 488 g/mol. The van der Waals surface area contributed by atoms with Gasteiger partial charge in [-0.25, -0.2) is 31.5 Å². The average molecular weight is 511 g/mol. The molecule has 1 saturated heterocycles. The second-order valence-corrected chi connectivity index (χ2v) is 11.9. The number of nitrogens with zero attached hydrogens (tertiary/aromatic N) is 4. The van der Waals surface area contributed by atoms with E-state index >= 15 is 0 Å². The SMILES string of the molecule is Nc1ncc(-c2ccc3nc(N)n(-c4ccccc4)c(=O)c3c2)cc1S(=O)N1CCS(=O)(=O)CC1. The first-order chi connectivity index (χ1) is 16.7. The Morgan fingerprint density at radius 2 is 1.66 bits per heavy atom. The summed E-state index contributed by atoms with van der Waals surface area (Å²) in [6.45, 7) is 0.307. The molecule has 5 rings (SSSR count). The quantitative estimate of drug-likeness (QED) is 0.417. The predicted molar refractivity (Wildman–Crippen MR) is 136 cm³/mol. The van der Waals surface area contributed by atoms with Gasteiger partial charge in [0.2, 0.25) is 5.95 Å². The standard InChI is InChI=1S/C23H22N6O4S2/c24-21-20(34(31)28-8-10-35(32,33)11-9-28)13-16(14-26-21)15-6-7-19-18(12-15)22(30)29(23(25)27-19)17-4-2-1-3-5-17/h1-7,12-14H,8-11H2,(H2,24,26)(H2,25,27). The van der Waals surface area contributed by atoms with E-state index in [-0.39, 0.29) is 41.9 Å². The van der Waals surface area contributed by atoms with Crippen molar-refractivity contribution in [2.45, 2.75) is 4.90 Å². The summed E-state index contributed by atoms with van der Waals surface area (Å²) in [6, 6.07) is 15.8. The molecule has 0 spiro atoms. The Morgan fingerprint density at radius 3 is 2.37 bits per heavy atom. The van der Waals surface area contributed by atoms with Crippen molar-refractivity contribution in [3.05, 3.63) is 71.1 Å². The Labute approximate surface area is 203 Å². The maximum Gasteiger partial charge on any atom is 0.267 e. The molecule has 4 N–H and O–H groups in total. The zero-order valence-corrected chi connectivity index (χ0v) is 20.1. The van der Waals surface area contributed by atoms with Gasteiger partial charge in [0.15, 0.2) is 9.84 Å². The van der Waals surface area contributed by atoms with Crippen LogP contribution in [0.2, 0.25) is 0 Å². The second-order valence-electron chi connectivity index (χ2n) is 8.12. The van der Waals surface area contributed by atoms with Crippen LogP contribution in [-0.4, -0.2) is 56.1 Å². The number of nitrogens with two attached hydrogens (primary N) is 2. The van der Waals surface area contributed by atoms with Gasteiger partial charge in [-0.15, -0.1) is 0 Å². The third-order valence-electron chi connectivity index (χ3n) is 5.85. The molecule has 2 aromatic carbocycles. The lowest BCUT2D eigenvalue weighted by molar-refractivity contribution is 0.465. The molecule has 1 atom stereocenters. The van der Waals surface area contributed by atoms with Gasteiger partial charge >= 0.3 is 0 Å². The number of sulfone groups is 1. The van der Waals surface area contributed by atoms with Gasteiger partial charge in [-0.1, -0.05) is 24.3 Å². The smallest absolute Gasteiger partial charge is 0.267 e. The minimum atomic E-state index is -3.11. The first-order valence-corrected chi connectivity index (χ1v) is 13.7. The summed E-state index contributed by atoms with van der Waals surface area (Å²) in [5.74, 6) is 0.0690. The van der Waals surface area contributed by atoms with Crippen LogP contribution in [0.5, 0.6) is 0 Å². The van der Waals surface area contributed by atoms with Gasteiger partial charge in [0.1, 0.15) is 16.8 Å². The van der Waals surface area contributed by atoms with E-state index in [4.69, 9.17) is 11.5 Å². The summed E-state index contributed by atoms with van der Waals surface area (Å²) < 4.78 is 39.5. The average Bonchev–Trinajstić information content (AvgIpc) is 2.84. The molecule has 180 valence electrons. The van der Waals surface area contributed by atoms with Crippen molar-refractivity contribution >= 4 is 43.5 Å². The molecule has 1 aliphatic heterocycles. The van der Waals surface area contributed by atoms with Crippen LogP contribution in [-0.2, 0) is 20.8 Å². The third kappa shape index (κ3) is 4.43. The molecule has 0 aliphatic carbocycles. The number of hydrogen-bond acceptors (Lipinski definition) is 8. The van der Waals surface area contributed by atoms with Crippen LogP contribution >= 0.6 is 0 Å². The van der Waals surface area contributed by atoms with E-state index in [2.05, 4.69) is 9.97 Å². The van der Waals surface area contributed by atoms with Crippen LogP contribution in [0.3, 0.4) is 0 Å². The van der Waals surface area contributed by atoms with E-state index in [0.717, 1.165) is 0 Å². The number of anilines is 2. The first-order valence-electron chi connectivity index (χ1n) is 10.7. The zero-order chi connectivity index (χ0) is 24.7. The topological polar surface area (TPSA) is 154 Å². The van der Waals surface area contributed by atoms with Crippen LogP contribution in [0.4, 0.5) is 11.8 Å².